The van der Waals surface area contributed by atoms with E-state index in [1.807, 2.05) is 42.1 Å². The van der Waals surface area contributed by atoms with Crippen molar-refractivity contribution in [1.82, 2.24) is 25.4 Å². The SMILES string of the molecule is CN=C(NCc1coc(-c2ccc(C)cc2)n1)NCc1ccnn1C. The van der Waals surface area contributed by atoms with E-state index < -0.39 is 0 Å². The molecule has 1 aromatic carbocycles. The molecule has 0 atom stereocenters. The molecule has 130 valence electrons. The van der Waals surface area contributed by atoms with E-state index >= 15 is 0 Å². The average molecular weight is 338 g/mol. The maximum absolute atomic E-state index is 5.57. The van der Waals surface area contributed by atoms with Crippen molar-refractivity contribution >= 4 is 5.96 Å². The molecule has 0 aliphatic heterocycles. The Morgan fingerprint density at radius 2 is 1.92 bits per heavy atom. The van der Waals surface area contributed by atoms with Gasteiger partial charge < -0.3 is 15.1 Å². The van der Waals surface area contributed by atoms with Crippen LogP contribution in [0.5, 0.6) is 0 Å². The molecular weight excluding hydrogens is 316 g/mol. The lowest BCUT2D eigenvalue weighted by molar-refractivity contribution is 0.572. The van der Waals surface area contributed by atoms with Crippen LogP contribution in [-0.4, -0.2) is 27.8 Å². The third-order valence-corrected chi connectivity index (χ3v) is 3.87. The first-order chi connectivity index (χ1) is 12.2. The van der Waals surface area contributed by atoms with Gasteiger partial charge in [0.25, 0.3) is 0 Å². The number of aliphatic imine (C=N–C) groups is 1. The number of oxazole rings is 1. The van der Waals surface area contributed by atoms with Crippen molar-refractivity contribution < 1.29 is 4.42 Å². The van der Waals surface area contributed by atoms with Crippen molar-refractivity contribution in [3.8, 4) is 11.5 Å². The van der Waals surface area contributed by atoms with Crippen LogP contribution in [0, 0.1) is 6.92 Å². The number of hydrogen-bond donors (Lipinski definition) is 2. The number of benzene rings is 1. The first-order valence-electron chi connectivity index (χ1n) is 8.08. The van der Waals surface area contributed by atoms with Crippen LogP contribution in [0.2, 0.25) is 0 Å². The smallest absolute Gasteiger partial charge is 0.226 e. The molecule has 2 heterocycles. The van der Waals surface area contributed by atoms with Crippen molar-refractivity contribution in [1.29, 1.82) is 0 Å². The van der Waals surface area contributed by atoms with Gasteiger partial charge in [-0.25, -0.2) is 4.98 Å². The predicted octanol–water partition coefficient (Wildman–Crippen LogP) is 2.25. The number of hydrogen-bond acceptors (Lipinski definition) is 4. The summed E-state index contributed by atoms with van der Waals surface area (Å²) in [6.45, 7) is 3.23. The molecule has 0 saturated carbocycles. The van der Waals surface area contributed by atoms with E-state index in [1.54, 1.807) is 19.5 Å². The molecule has 7 heteroatoms. The molecule has 3 aromatic rings. The van der Waals surface area contributed by atoms with Gasteiger partial charge in [-0.15, -0.1) is 0 Å². The summed E-state index contributed by atoms with van der Waals surface area (Å²) in [5, 5.41) is 10.6. The van der Waals surface area contributed by atoms with Gasteiger partial charge in [0.1, 0.15) is 6.26 Å². The van der Waals surface area contributed by atoms with E-state index in [0.717, 1.165) is 17.0 Å². The molecule has 0 radical (unpaired) electrons. The fraction of sp³-hybridized carbons (Fsp3) is 0.278. The summed E-state index contributed by atoms with van der Waals surface area (Å²) >= 11 is 0. The van der Waals surface area contributed by atoms with Gasteiger partial charge in [-0.1, -0.05) is 17.7 Å². The van der Waals surface area contributed by atoms with Crippen molar-refractivity contribution in [2.75, 3.05) is 7.05 Å². The second-order valence-corrected chi connectivity index (χ2v) is 5.74. The van der Waals surface area contributed by atoms with E-state index in [9.17, 15) is 0 Å². The zero-order valence-corrected chi connectivity index (χ0v) is 14.7. The molecule has 0 unspecified atom stereocenters. The molecule has 0 aliphatic carbocycles. The lowest BCUT2D eigenvalue weighted by Gasteiger charge is -2.10. The topological polar surface area (TPSA) is 80.3 Å². The zero-order valence-electron chi connectivity index (χ0n) is 14.7. The number of rotatable bonds is 5. The molecule has 2 aromatic heterocycles. The van der Waals surface area contributed by atoms with Crippen molar-refractivity contribution in [2.24, 2.45) is 12.0 Å². The average Bonchev–Trinajstić information content (AvgIpc) is 3.25. The molecule has 25 heavy (non-hydrogen) atoms. The van der Waals surface area contributed by atoms with Crippen molar-refractivity contribution in [3.63, 3.8) is 0 Å². The van der Waals surface area contributed by atoms with Crippen LogP contribution < -0.4 is 10.6 Å². The van der Waals surface area contributed by atoms with Gasteiger partial charge in [0, 0.05) is 25.9 Å². The number of nitrogens with one attached hydrogen (secondary N) is 2. The monoisotopic (exact) mass is 338 g/mol. The van der Waals surface area contributed by atoms with Gasteiger partial charge in [0.2, 0.25) is 5.89 Å². The maximum atomic E-state index is 5.57. The molecular formula is C18H22N6O. The highest BCUT2D eigenvalue weighted by Gasteiger charge is 2.07. The van der Waals surface area contributed by atoms with E-state index in [0.29, 0.717) is 24.9 Å². The van der Waals surface area contributed by atoms with Crippen LogP contribution in [0.3, 0.4) is 0 Å². The number of guanidine groups is 1. The largest absolute Gasteiger partial charge is 0.444 e. The van der Waals surface area contributed by atoms with Gasteiger partial charge in [-0.2, -0.15) is 5.10 Å². The molecule has 0 aliphatic rings. The van der Waals surface area contributed by atoms with Gasteiger partial charge in [-0.05, 0) is 25.1 Å². The molecule has 0 saturated heterocycles. The Kier molecular flexibility index (Phi) is 5.13. The molecule has 7 nitrogen and oxygen atoms in total. The Hall–Kier alpha value is -3.09. The summed E-state index contributed by atoms with van der Waals surface area (Å²) in [6.07, 6.45) is 3.44. The molecule has 0 fully saturated rings. The Bertz CT molecular complexity index is 847. The van der Waals surface area contributed by atoms with Crippen LogP contribution >= 0.6 is 0 Å². The summed E-state index contributed by atoms with van der Waals surface area (Å²) in [5.41, 5.74) is 4.07. The van der Waals surface area contributed by atoms with E-state index in [2.05, 4.69) is 32.6 Å². The number of aryl methyl sites for hydroxylation is 2. The van der Waals surface area contributed by atoms with Crippen LogP contribution in [0.15, 0.2) is 52.2 Å². The summed E-state index contributed by atoms with van der Waals surface area (Å²) < 4.78 is 7.39. The minimum Gasteiger partial charge on any atom is -0.444 e. The second kappa shape index (κ2) is 7.65. The van der Waals surface area contributed by atoms with Gasteiger partial charge >= 0.3 is 0 Å². The third kappa shape index (κ3) is 4.26. The van der Waals surface area contributed by atoms with E-state index in [-0.39, 0.29) is 0 Å². The molecule has 0 amide bonds. The highest BCUT2D eigenvalue weighted by atomic mass is 16.3. The lowest BCUT2D eigenvalue weighted by Crippen LogP contribution is -2.36. The fourth-order valence-corrected chi connectivity index (χ4v) is 2.36. The molecule has 0 bridgehead atoms. The fourth-order valence-electron chi connectivity index (χ4n) is 2.36. The highest BCUT2D eigenvalue weighted by molar-refractivity contribution is 5.79. The summed E-state index contributed by atoms with van der Waals surface area (Å²) in [6, 6.07) is 10.1. The van der Waals surface area contributed by atoms with Crippen LogP contribution in [0.25, 0.3) is 11.5 Å². The zero-order chi connectivity index (χ0) is 17.6. The Labute approximate surface area is 146 Å². The molecule has 2 N–H and O–H groups in total. The van der Waals surface area contributed by atoms with E-state index in [1.165, 1.54) is 5.56 Å². The van der Waals surface area contributed by atoms with Crippen LogP contribution in [0.4, 0.5) is 0 Å². The highest BCUT2D eigenvalue weighted by Crippen LogP contribution is 2.18. The minimum absolute atomic E-state index is 0.528. The summed E-state index contributed by atoms with van der Waals surface area (Å²) in [5.74, 6) is 1.32. The van der Waals surface area contributed by atoms with Gasteiger partial charge in [0.05, 0.1) is 24.5 Å². The number of aromatic nitrogens is 3. The molecule has 3 rings (SSSR count). The maximum Gasteiger partial charge on any atom is 0.226 e. The first kappa shape index (κ1) is 16.8. The predicted molar refractivity (Wildman–Crippen MR) is 96.9 cm³/mol. The normalized spacial score (nSPS) is 11.6. The molecule has 0 spiro atoms. The minimum atomic E-state index is 0.528. The van der Waals surface area contributed by atoms with Crippen LogP contribution in [-0.2, 0) is 20.1 Å². The Morgan fingerprint density at radius 3 is 2.60 bits per heavy atom. The summed E-state index contributed by atoms with van der Waals surface area (Å²) in [4.78, 5) is 8.73. The van der Waals surface area contributed by atoms with Crippen molar-refractivity contribution in [2.45, 2.75) is 20.0 Å². The third-order valence-electron chi connectivity index (χ3n) is 3.87. The Morgan fingerprint density at radius 1 is 1.16 bits per heavy atom. The van der Waals surface area contributed by atoms with Gasteiger partial charge in [-0.3, -0.25) is 9.67 Å². The number of nitrogens with zero attached hydrogens (tertiary/aromatic N) is 4. The van der Waals surface area contributed by atoms with E-state index in [4.69, 9.17) is 4.42 Å². The summed E-state index contributed by atoms with van der Waals surface area (Å²) in [7, 11) is 3.65. The Balaban J connectivity index is 1.55. The standard InChI is InChI=1S/C18H22N6O/c1-13-4-6-14(7-5-13)17-23-15(12-25-17)10-20-18(19-2)21-11-16-8-9-22-24(16)3/h4-9,12H,10-11H2,1-3H3,(H2,19,20,21). The quantitative estimate of drug-likeness (QED) is 0.551. The lowest BCUT2D eigenvalue weighted by atomic mass is 10.1. The van der Waals surface area contributed by atoms with Crippen LogP contribution in [0.1, 0.15) is 17.0 Å². The van der Waals surface area contributed by atoms with Gasteiger partial charge in [0.15, 0.2) is 5.96 Å². The van der Waals surface area contributed by atoms with Crippen molar-refractivity contribution in [3.05, 3.63) is 59.7 Å². The first-order valence-corrected chi connectivity index (χ1v) is 8.08. The second-order valence-electron chi connectivity index (χ2n) is 5.74.